The maximum Gasteiger partial charge on any atom is 0.145 e. The lowest BCUT2D eigenvalue weighted by Crippen LogP contribution is -2.28. The van der Waals surface area contributed by atoms with Crippen LogP contribution in [0.15, 0.2) is 17.6 Å². The highest BCUT2D eigenvalue weighted by Crippen LogP contribution is 2.24. The standard InChI is InChI=1S/C18H23N5S/c1-13-4-5-18(21-16(13)8-19)23-7-6-15(10-23)9-22(3)11-17-14(2)20-12-24-17/h4-5,12,15H,6-7,9-11H2,1-3H3/t15-/m1/s1. The van der Waals surface area contributed by atoms with Gasteiger partial charge in [0.05, 0.1) is 11.2 Å². The highest BCUT2D eigenvalue weighted by molar-refractivity contribution is 7.09. The van der Waals surface area contributed by atoms with Gasteiger partial charge in [0.1, 0.15) is 17.6 Å². The fourth-order valence-electron chi connectivity index (χ4n) is 3.23. The van der Waals surface area contributed by atoms with E-state index in [1.807, 2.05) is 24.6 Å². The SMILES string of the molecule is Cc1ccc(N2CC[C@H](CN(C)Cc3scnc3C)C2)nc1C#N. The van der Waals surface area contributed by atoms with Gasteiger partial charge in [-0.2, -0.15) is 5.26 Å². The molecule has 1 atom stereocenters. The van der Waals surface area contributed by atoms with Gasteiger partial charge in [-0.3, -0.25) is 0 Å². The molecular formula is C18H23N5S. The van der Waals surface area contributed by atoms with E-state index in [4.69, 9.17) is 5.26 Å². The van der Waals surface area contributed by atoms with E-state index >= 15 is 0 Å². The third-order valence-electron chi connectivity index (χ3n) is 4.63. The highest BCUT2D eigenvalue weighted by atomic mass is 32.1. The van der Waals surface area contributed by atoms with Gasteiger partial charge >= 0.3 is 0 Å². The van der Waals surface area contributed by atoms with Crippen LogP contribution in [0.4, 0.5) is 5.82 Å². The molecule has 2 aromatic heterocycles. The van der Waals surface area contributed by atoms with Gasteiger partial charge in [0.25, 0.3) is 0 Å². The second kappa shape index (κ2) is 7.29. The smallest absolute Gasteiger partial charge is 0.145 e. The van der Waals surface area contributed by atoms with E-state index in [0.717, 1.165) is 43.3 Å². The van der Waals surface area contributed by atoms with Crippen LogP contribution in [0.2, 0.25) is 0 Å². The Hall–Kier alpha value is -1.97. The fourth-order valence-corrected chi connectivity index (χ4v) is 4.08. The third-order valence-corrected chi connectivity index (χ3v) is 5.55. The molecule has 0 amide bonds. The van der Waals surface area contributed by atoms with E-state index in [1.165, 1.54) is 11.3 Å². The summed E-state index contributed by atoms with van der Waals surface area (Å²) < 4.78 is 0. The Bertz CT molecular complexity index is 748. The normalized spacial score (nSPS) is 17.5. The van der Waals surface area contributed by atoms with Crippen molar-refractivity contribution in [2.75, 3.05) is 31.6 Å². The monoisotopic (exact) mass is 341 g/mol. The van der Waals surface area contributed by atoms with Gasteiger partial charge in [0, 0.05) is 31.1 Å². The van der Waals surface area contributed by atoms with Crippen molar-refractivity contribution in [3.8, 4) is 6.07 Å². The van der Waals surface area contributed by atoms with Crippen molar-refractivity contribution in [3.05, 3.63) is 39.5 Å². The number of anilines is 1. The van der Waals surface area contributed by atoms with Crippen LogP contribution in [0.5, 0.6) is 0 Å². The lowest BCUT2D eigenvalue weighted by atomic mass is 10.1. The van der Waals surface area contributed by atoms with Gasteiger partial charge in [0.2, 0.25) is 0 Å². The molecule has 5 nitrogen and oxygen atoms in total. The summed E-state index contributed by atoms with van der Waals surface area (Å²) in [5, 5.41) is 9.16. The minimum absolute atomic E-state index is 0.536. The van der Waals surface area contributed by atoms with Gasteiger partial charge in [0.15, 0.2) is 0 Å². The largest absolute Gasteiger partial charge is 0.356 e. The molecule has 2 aromatic rings. The van der Waals surface area contributed by atoms with Crippen molar-refractivity contribution in [2.45, 2.75) is 26.8 Å². The Morgan fingerprint density at radius 1 is 1.42 bits per heavy atom. The Balaban J connectivity index is 1.57. The first-order valence-electron chi connectivity index (χ1n) is 8.27. The summed E-state index contributed by atoms with van der Waals surface area (Å²) in [7, 11) is 2.18. The number of pyridine rings is 1. The van der Waals surface area contributed by atoms with Crippen molar-refractivity contribution < 1.29 is 0 Å². The lowest BCUT2D eigenvalue weighted by Gasteiger charge is -2.22. The zero-order valence-corrected chi connectivity index (χ0v) is 15.3. The van der Waals surface area contributed by atoms with Gasteiger partial charge < -0.3 is 9.80 Å². The summed E-state index contributed by atoms with van der Waals surface area (Å²) in [4.78, 5) is 14.9. The van der Waals surface area contributed by atoms with E-state index in [1.54, 1.807) is 11.3 Å². The second-order valence-corrected chi connectivity index (χ2v) is 7.54. The van der Waals surface area contributed by atoms with Crippen LogP contribution in [0.1, 0.15) is 28.2 Å². The summed E-state index contributed by atoms with van der Waals surface area (Å²) >= 11 is 1.73. The Morgan fingerprint density at radius 2 is 2.25 bits per heavy atom. The zero-order chi connectivity index (χ0) is 17.1. The van der Waals surface area contributed by atoms with E-state index < -0.39 is 0 Å². The molecule has 0 radical (unpaired) electrons. The summed E-state index contributed by atoms with van der Waals surface area (Å²) in [5.74, 6) is 1.57. The zero-order valence-electron chi connectivity index (χ0n) is 14.5. The topological polar surface area (TPSA) is 56.1 Å². The van der Waals surface area contributed by atoms with Crippen LogP contribution in [0.3, 0.4) is 0 Å². The van der Waals surface area contributed by atoms with E-state index in [9.17, 15) is 0 Å². The van der Waals surface area contributed by atoms with Crippen LogP contribution in [-0.2, 0) is 6.54 Å². The molecule has 0 unspecified atom stereocenters. The van der Waals surface area contributed by atoms with Crippen molar-refractivity contribution in [1.82, 2.24) is 14.9 Å². The first-order valence-corrected chi connectivity index (χ1v) is 9.15. The molecule has 1 aliphatic rings. The van der Waals surface area contributed by atoms with Crippen molar-refractivity contribution in [3.63, 3.8) is 0 Å². The van der Waals surface area contributed by atoms with Gasteiger partial charge in [-0.1, -0.05) is 6.07 Å². The van der Waals surface area contributed by atoms with Crippen molar-refractivity contribution >= 4 is 17.2 Å². The number of aryl methyl sites for hydroxylation is 2. The van der Waals surface area contributed by atoms with Crippen LogP contribution in [0.25, 0.3) is 0 Å². The molecule has 1 fully saturated rings. The fraction of sp³-hybridized carbons (Fsp3) is 0.500. The first-order chi connectivity index (χ1) is 11.6. The molecule has 0 spiro atoms. The molecule has 6 heteroatoms. The van der Waals surface area contributed by atoms with E-state index in [2.05, 4.69) is 39.8 Å². The number of hydrogen-bond donors (Lipinski definition) is 0. The average molecular weight is 341 g/mol. The maximum absolute atomic E-state index is 9.16. The molecule has 1 saturated heterocycles. The molecule has 0 aliphatic carbocycles. The number of rotatable bonds is 5. The Labute approximate surface area is 147 Å². The number of aromatic nitrogens is 2. The minimum Gasteiger partial charge on any atom is -0.356 e. The molecule has 1 aliphatic heterocycles. The molecule has 0 bridgehead atoms. The molecule has 126 valence electrons. The highest BCUT2D eigenvalue weighted by Gasteiger charge is 2.25. The molecule has 0 aromatic carbocycles. The summed E-state index contributed by atoms with van der Waals surface area (Å²) in [6.07, 6.45) is 1.17. The molecular weight excluding hydrogens is 318 g/mol. The number of nitrogens with zero attached hydrogens (tertiary/aromatic N) is 5. The maximum atomic E-state index is 9.16. The van der Waals surface area contributed by atoms with Gasteiger partial charge in [-0.05, 0) is 44.9 Å². The van der Waals surface area contributed by atoms with Crippen molar-refractivity contribution in [1.29, 1.82) is 5.26 Å². The van der Waals surface area contributed by atoms with Gasteiger partial charge in [-0.25, -0.2) is 9.97 Å². The predicted octanol–water partition coefficient (Wildman–Crippen LogP) is 2.98. The number of hydrogen-bond acceptors (Lipinski definition) is 6. The molecule has 3 heterocycles. The number of nitriles is 1. The summed E-state index contributed by atoms with van der Waals surface area (Å²) in [6, 6.07) is 6.21. The minimum atomic E-state index is 0.536. The summed E-state index contributed by atoms with van der Waals surface area (Å²) in [6.45, 7) is 8.07. The summed E-state index contributed by atoms with van der Waals surface area (Å²) in [5.41, 5.74) is 4.55. The molecule has 0 saturated carbocycles. The van der Waals surface area contributed by atoms with E-state index in [0.29, 0.717) is 11.6 Å². The quantitative estimate of drug-likeness (QED) is 0.837. The predicted molar refractivity (Wildman–Crippen MR) is 97.2 cm³/mol. The second-order valence-electron chi connectivity index (χ2n) is 6.61. The van der Waals surface area contributed by atoms with Crippen LogP contribution < -0.4 is 4.90 Å². The first kappa shape index (κ1) is 16.9. The lowest BCUT2D eigenvalue weighted by molar-refractivity contribution is 0.281. The molecule has 3 rings (SSSR count). The Morgan fingerprint density at radius 3 is 2.96 bits per heavy atom. The van der Waals surface area contributed by atoms with Crippen molar-refractivity contribution in [2.24, 2.45) is 5.92 Å². The van der Waals surface area contributed by atoms with Gasteiger partial charge in [-0.15, -0.1) is 11.3 Å². The van der Waals surface area contributed by atoms with Crippen LogP contribution >= 0.6 is 11.3 Å². The number of thiazole rings is 1. The molecule has 24 heavy (non-hydrogen) atoms. The average Bonchev–Trinajstić information content (AvgIpc) is 3.18. The van der Waals surface area contributed by atoms with Crippen LogP contribution in [0, 0.1) is 31.1 Å². The van der Waals surface area contributed by atoms with Crippen LogP contribution in [-0.4, -0.2) is 41.5 Å². The third kappa shape index (κ3) is 3.74. The Kier molecular flexibility index (Phi) is 5.12. The molecule has 0 N–H and O–H groups in total. The van der Waals surface area contributed by atoms with E-state index in [-0.39, 0.29) is 0 Å².